The highest BCUT2D eigenvalue weighted by Gasteiger charge is 2.24. The van der Waals surface area contributed by atoms with Crippen molar-refractivity contribution >= 4 is 41.8 Å². The molecule has 0 saturated carbocycles. The van der Waals surface area contributed by atoms with Crippen LogP contribution in [0.3, 0.4) is 0 Å². The second-order valence-electron chi connectivity index (χ2n) is 8.21. The van der Waals surface area contributed by atoms with Gasteiger partial charge in [0.15, 0.2) is 5.96 Å². The summed E-state index contributed by atoms with van der Waals surface area (Å²) in [5.41, 5.74) is 1.80. The SMILES string of the molecule is CN=C(NCCc1cccc(C(=O)NC)c1)N1CCN(CC(=O)N2CCCCC2)CC1.I. The summed E-state index contributed by atoms with van der Waals surface area (Å²) in [4.78, 5) is 35.3. The number of guanidine groups is 1. The van der Waals surface area contributed by atoms with E-state index in [0.717, 1.165) is 76.6 Å². The number of rotatable bonds is 6. The largest absolute Gasteiger partial charge is 0.356 e. The number of nitrogens with zero attached hydrogens (tertiary/aromatic N) is 4. The number of likely N-dealkylation sites (tertiary alicyclic amines) is 1. The van der Waals surface area contributed by atoms with Crippen molar-refractivity contribution in [1.82, 2.24) is 25.3 Å². The van der Waals surface area contributed by atoms with Gasteiger partial charge in [-0.05, 0) is 43.4 Å². The van der Waals surface area contributed by atoms with Crippen LogP contribution in [0, 0.1) is 0 Å². The number of amides is 2. The average Bonchev–Trinajstić information content (AvgIpc) is 2.82. The Balaban J connectivity index is 0.00000363. The van der Waals surface area contributed by atoms with Gasteiger partial charge in [0, 0.05) is 65.5 Å². The average molecular weight is 556 g/mol. The molecule has 2 saturated heterocycles. The first-order chi connectivity index (χ1) is 15.1. The Morgan fingerprint density at radius 1 is 1.00 bits per heavy atom. The van der Waals surface area contributed by atoms with Crippen molar-refractivity contribution in [3.8, 4) is 0 Å². The molecule has 178 valence electrons. The highest BCUT2D eigenvalue weighted by Crippen LogP contribution is 2.10. The molecule has 0 aromatic heterocycles. The van der Waals surface area contributed by atoms with Crippen molar-refractivity contribution in [2.45, 2.75) is 25.7 Å². The van der Waals surface area contributed by atoms with Crippen molar-refractivity contribution in [2.75, 3.05) is 66.5 Å². The molecule has 2 aliphatic rings. The molecule has 0 atom stereocenters. The highest BCUT2D eigenvalue weighted by atomic mass is 127. The Hall–Kier alpha value is -1.88. The van der Waals surface area contributed by atoms with Crippen LogP contribution in [0.4, 0.5) is 0 Å². The third-order valence-electron chi connectivity index (χ3n) is 6.06. The Labute approximate surface area is 208 Å². The maximum absolute atomic E-state index is 12.5. The number of piperazine rings is 1. The topological polar surface area (TPSA) is 80.3 Å². The minimum Gasteiger partial charge on any atom is -0.356 e. The Morgan fingerprint density at radius 3 is 2.38 bits per heavy atom. The van der Waals surface area contributed by atoms with Crippen LogP contribution in [0.1, 0.15) is 35.2 Å². The zero-order chi connectivity index (χ0) is 22.1. The molecule has 2 N–H and O–H groups in total. The third-order valence-corrected chi connectivity index (χ3v) is 6.06. The van der Waals surface area contributed by atoms with Gasteiger partial charge in [0.05, 0.1) is 6.54 Å². The van der Waals surface area contributed by atoms with Gasteiger partial charge < -0.3 is 20.4 Å². The van der Waals surface area contributed by atoms with Gasteiger partial charge in [0.1, 0.15) is 0 Å². The van der Waals surface area contributed by atoms with Gasteiger partial charge >= 0.3 is 0 Å². The first-order valence-corrected chi connectivity index (χ1v) is 11.4. The number of halogens is 1. The van der Waals surface area contributed by atoms with Gasteiger partial charge in [-0.2, -0.15) is 0 Å². The molecule has 1 aromatic rings. The van der Waals surface area contributed by atoms with Crippen LogP contribution >= 0.6 is 24.0 Å². The maximum atomic E-state index is 12.5. The summed E-state index contributed by atoms with van der Waals surface area (Å²) in [5.74, 6) is 1.10. The van der Waals surface area contributed by atoms with Gasteiger partial charge in [-0.15, -0.1) is 24.0 Å². The summed E-state index contributed by atoms with van der Waals surface area (Å²) in [6, 6.07) is 7.71. The van der Waals surface area contributed by atoms with E-state index in [1.165, 1.54) is 6.42 Å². The standard InChI is InChI=1S/C23H36N6O2.HI/c1-24-22(31)20-8-6-7-19(17-20)9-10-26-23(25-2)29-15-13-27(14-16-29)18-21(30)28-11-4-3-5-12-28;/h6-8,17H,3-5,9-16,18H2,1-2H3,(H,24,31)(H,25,26);1H. The van der Waals surface area contributed by atoms with Gasteiger partial charge in [-0.25, -0.2) is 0 Å². The Morgan fingerprint density at radius 2 is 1.72 bits per heavy atom. The second-order valence-corrected chi connectivity index (χ2v) is 8.21. The first kappa shape index (κ1) is 26.4. The summed E-state index contributed by atoms with van der Waals surface area (Å²) in [6.07, 6.45) is 4.33. The minimum absolute atomic E-state index is 0. The molecule has 0 unspecified atom stereocenters. The summed E-state index contributed by atoms with van der Waals surface area (Å²) >= 11 is 0. The van der Waals surface area contributed by atoms with Crippen LogP contribution in [0.5, 0.6) is 0 Å². The van der Waals surface area contributed by atoms with Crippen molar-refractivity contribution in [2.24, 2.45) is 4.99 Å². The van der Waals surface area contributed by atoms with Gasteiger partial charge in [-0.1, -0.05) is 12.1 Å². The lowest BCUT2D eigenvalue weighted by Crippen LogP contribution is -2.54. The number of aliphatic imine (C=N–C) groups is 1. The molecule has 3 rings (SSSR count). The maximum Gasteiger partial charge on any atom is 0.251 e. The van der Waals surface area contributed by atoms with E-state index in [4.69, 9.17) is 0 Å². The molecule has 0 aliphatic carbocycles. The van der Waals surface area contributed by atoms with E-state index in [-0.39, 0.29) is 35.8 Å². The molecular weight excluding hydrogens is 519 g/mol. The van der Waals surface area contributed by atoms with E-state index >= 15 is 0 Å². The van der Waals surface area contributed by atoms with E-state index in [1.54, 1.807) is 14.1 Å². The van der Waals surface area contributed by atoms with Crippen LogP contribution in [-0.2, 0) is 11.2 Å². The summed E-state index contributed by atoms with van der Waals surface area (Å²) in [6.45, 7) is 6.57. The number of hydrogen-bond donors (Lipinski definition) is 2. The fourth-order valence-corrected chi connectivity index (χ4v) is 4.22. The van der Waals surface area contributed by atoms with E-state index in [2.05, 4.69) is 25.4 Å². The summed E-state index contributed by atoms with van der Waals surface area (Å²) in [7, 11) is 3.45. The molecule has 2 fully saturated rings. The molecule has 32 heavy (non-hydrogen) atoms. The molecule has 0 spiro atoms. The summed E-state index contributed by atoms with van der Waals surface area (Å²) in [5, 5.41) is 6.10. The molecule has 8 nitrogen and oxygen atoms in total. The fourth-order valence-electron chi connectivity index (χ4n) is 4.22. The van der Waals surface area contributed by atoms with Crippen LogP contribution in [0.15, 0.2) is 29.3 Å². The van der Waals surface area contributed by atoms with Gasteiger partial charge in [0.25, 0.3) is 5.91 Å². The van der Waals surface area contributed by atoms with E-state index in [1.807, 2.05) is 29.2 Å². The number of piperidine rings is 1. The smallest absolute Gasteiger partial charge is 0.251 e. The number of carbonyl (C=O) groups excluding carboxylic acids is 2. The van der Waals surface area contributed by atoms with E-state index in [0.29, 0.717) is 12.1 Å². The van der Waals surface area contributed by atoms with E-state index in [9.17, 15) is 9.59 Å². The lowest BCUT2D eigenvalue weighted by molar-refractivity contribution is -0.133. The van der Waals surface area contributed by atoms with Crippen LogP contribution < -0.4 is 10.6 Å². The van der Waals surface area contributed by atoms with Gasteiger partial charge in [0.2, 0.25) is 5.91 Å². The summed E-state index contributed by atoms with van der Waals surface area (Å²) < 4.78 is 0. The molecule has 2 amide bonds. The number of hydrogen-bond acceptors (Lipinski definition) is 4. The third kappa shape index (κ3) is 7.61. The van der Waals surface area contributed by atoms with Gasteiger partial charge in [-0.3, -0.25) is 19.5 Å². The normalized spacial score (nSPS) is 17.5. The zero-order valence-corrected chi connectivity index (χ0v) is 21.6. The molecule has 1 aromatic carbocycles. The molecule has 0 radical (unpaired) electrons. The monoisotopic (exact) mass is 556 g/mol. The van der Waals surface area contributed by atoms with Crippen molar-refractivity contribution in [3.63, 3.8) is 0 Å². The predicted molar refractivity (Wildman–Crippen MR) is 139 cm³/mol. The molecule has 2 heterocycles. The lowest BCUT2D eigenvalue weighted by atomic mass is 10.1. The lowest BCUT2D eigenvalue weighted by Gasteiger charge is -2.37. The Bertz CT molecular complexity index is 774. The minimum atomic E-state index is -0.0674. The molecule has 2 aliphatic heterocycles. The van der Waals surface area contributed by atoms with Crippen LogP contribution in [0.25, 0.3) is 0 Å². The number of nitrogens with one attached hydrogen (secondary N) is 2. The quantitative estimate of drug-likeness (QED) is 0.315. The van der Waals surface area contributed by atoms with Crippen molar-refractivity contribution < 1.29 is 9.59 Å². The number of carbonyl (C=O) groups is 2. The molecule has 9 heteroatoms. The van der Waals surface area contributed by atoms with Crippen LogP contribution in [-0.4, -0.2) is 98.9 Å². The van der Waals surface area contributed by atoms with Crippen molar-refractivity contribution in [3.05, 3.63) is 35.4 Å². The second kappa shape index (κ2) is 13.6. The fraction of sp³-hybridized carbons (Fsp3) is 0.609. The Kier molecular flexibility index (Phi) is 11.2. The number of benzene rings is 1. The highest BCUT2D eigenvalue weighted by molar-refractivity contribution is 14.0. The zero-order valence-electron chi connectivity index (χ0n) is 19.3. The first-order valence-electron chi connectivity index (χ1n) is 11.4. The predicted octanol–water partition coefficient (Wildman–Crippen LogP) is 1.41. The molecular formula is C23H37IN6O2. The van der Waals surface area contributed by atoms with Crippen LogP contribution in [0.2, 0.25) is 0 Å². The van der Waals surface area contributed by atoms with E-state index < -0.39 is 0 Å². The molecule has 0 bridgehead atoms. The van der Waals surface area contributed by atoms with Crippen molar-refractivity contribution in [1.29, 1.82) is 0 Å².